The van der Waals surface area contributed by atoms with Crippen LogP contribution in [0.2, 0.25) is 0 Å². The number of hydrogen-bond acceptors (Lipinski definition) is 4. The largest absolute Gasteiger partial charge is 0.471 e. The third kappa shape index (κ3) is 2.88. The molecule has 2 rings (SSSR count). The van der Waals surface area contributed by atoms with Crippen LogP contribution in [0.25, 0.3) is 11.4 Å². The number of hydrogen-bond donors (Lipinski definition) is 1. The number of nitrogens with zero attached hydrogens (tertiary/aromatic N) is 2. The van der Waals surface area contributed by atoms with Gasteiger partial charge in [-0.15, -0.1) is 12.4 Å². The van der Waals surface area contributed by atoms with Gasteiger partial charge in [0.15, 0.2) is 11.6 Å². The van der Waals surface area contributed by atoms with E-state index in [0.717, 1.165) is 12.1 Å². The van der Waals surface area contributed by atoms with Crippen molar-refractivity contribution in [2.75, 3.05) is 0 Å². The van der Waals surface area contributed by atoms with Crippen molar-refractivity contribution in [3.63, 3.8) is 0 Å². The summed E-state index contributed by atoms with van der Waals surface area (Å²) in [4.78, 5) is 2.97. The highest BCUT2D eigenvalue weighted by atomic mass is 35.5. The van der Waals surface area contributed by atoms with Gasteiger partial charge in [0.1, 0.15) is 0 Å². The molecule has 0 amide bonds. The lowest BCUT2D eigenvalue weighted by atomic mass is 10.1. The van der Waals surface area contributed by atoms with E-state index in [1.807, 2.05) is 0 Å². The summed E-state index contributed by atoms with van der Waals surface area (Å²) in [6.07, 6.45) is -4.85. The van der Waals surface area contributed by atoms with Crippen LogP contribution < -0.4 is 5.73 Å². The molecule has 0 radical (unpaired) electrons. The number of alkyl halides is 3. The van der Waals surface area contributed by atoms with Crippen LogP contribution in [-0.2, 0) is 12.7 Å². The topological polar surface area (TPSA) is 64.9 Å². The maximum Gasteiger partial charge on any atom is 0.471 e. The van der Waals surface area contributed by atoms with Crippen LogP contribution in [0, 0.1) is 11.6 Å². The zero-order valence-corrected chi connectivity index (χ0v) is 10.4. The monoisotopic (exact) mass is 315 g/mol. The minimum Gasteiger partial charge on any atom is -0.329 e. The Bertz CT molecular complexity index is 613. The fraction of sp³-hybridized carbons (Fsp3) is 0.200. The fourth-order valence-corrected chi connectivity index (χ4v) is 1.37. The lowest BCUT2D eigenvalue weighted by molar-refractivity contribution is -0.159. The Morgan fingerprint density at radius 3 is 2.30 bits per heavy atom. The first-order valence-electron chi connectivity index (χ1n) is 4.92. The first-order valence-corrected chi connectivity index (χ1v) is 4.92. The molecule has 0 saturated heterocycles. The van der Waals surface area contributed by atoms with E-state index < -0.39 is 35.1 Å². The fourth-order valence-electron chi connectivity index (χ4n) is 1.37. The van der Waals surface area contributed by atoms with Gasteiger partial charge in [0.25, 0.3) is 0 Å². The lowest BCUT2D eigenvalue weighted by Crippen LogP contribution is -2.05. The van der Waals surface area contributed by atoms with Crippen molar-refractivity contribution in [1.82, 2.24) is 10.1 Å². The molecule has 0 bridgehead atoms. The molecule has 1 aromatic heterocycles. The zero-order chi connectivity index (χ0) is 14.2. The average Bonchev–Trinajstić information content (AvgIpc) is 2.81. The van der Waals surface area contributed by atoms with E-state index in [-0.39, 0.29) is 24.5 Å². The van der Waals surface area contributed by atoms with E-state index in [1.165, 1.54) is 0 Å². The maximum absolute atomic E-state index is 13.6. The van der Waals surface area contributed by atoms with Crippen LogP contribution in [0.3, 0.4) is 0 Å². The molecular formula is C10H7ClF5N3O. The van der Waals surface area contributed by atoms with Gasteiger partial charge in [-0.2, -0.15) is 18.2 Å². The Morgan fingerprint density at radius 1 is 1.15 bits per heavy atom. The van der Waals surface area contributed by atoms with Gasteiger partial charge in [-0.05, 0) is 6.07 Å². The van der Waals surface area contributed by atoms with Gasteiger partial charge < -0.3 is 10.3 Å². The van der Waals surface area contributed by atoms with Crippen molar-refractivity contribution < 1.29 is 26.5 Å². The molecule has 110 valence electrons. The molecule has 0 spiro atoms. The second-order valence-electron chi connectivity index (χ2n) is 3.53. The highest BCUT2D eigenvalue weighted by molar-refractivity contribution is 5.85. The first kappa shape index (κ1) is 16.3. The lowest BCUT2D eigenvalue weighted by Gasteiger charge is -2.03. The molecule has 20 heavy (non-hydrogen) atoms. The van der Waals surface area contributed by atoms with Crippen LogP contribution in [0.15, 0.2) is 16.7 Å². The molecule has 0 aliphatic heterocycles. The SMILES string of the molecule is Cl.NCc1ccc(-c2noc(C(F)(F)F)n2)c(F)c1F. The van der Waals surface area contributed by atoms with E-state index in [0.29, 0.717) is 0 Å². The summed E-state index contributed by atoms with van der Waals surface area (Å²) in [7, 11) is 0. The van der Waals surface area contributed by atoms with Gasteiger partial charge >= 0.3 is 12.1 Å². The molecule has 0 unspecified atom stereocenters. The van der Waals surface area contributed by atoms with E-state index in [9.17, 15) is 22.0 Å². The Labute approximate surface area is 115 Å². The van der Waals surface area contributed by atoms with E-state index in [1.54, 1.807) is 0 Å². The van der Waals surface area contributed by atoms with Gasteiger partial charge in [-0.25, -0.2) is 8.78 Å². The van der Waals surface area contributed by atoms with Crippen LogP contribution in [0.1, 0.15) is 11.5 Å². The molecule has 1 heterocycles. The molecule has 4 nitrogen and oxygen atoms in total. The summed E-state index contributed by atoms with van der Waals surface area (Å²) in [6, 6.07) is 2.17. The van der Waals surface area contributed by atoms with Crippen molar-refractivity contribution in [1.29, 1.82) is 0 Å². The van der Waals surface area contributed by atoms with Gasteiger partial charge in [0.2, 0.25) is 5.82 Å². The number of rotatable bonds is 2. The first-order chi connectivity index (χ1) is 8.84. The van der Waals surface area contributed by atoms with Gasteiger partial charge in [0, 0.05) is 12.1 Å². The van der Waals surface area contributed by atoms with Crippen molar-refractivity contribution in [2.45, 2.75) is 12.7 Å². The third-order valence-electron chi connectivity index (χ3n) is 2.29. The summed E-state index contributed by atoms with van der Waals surface area (Å²) in [5.74, 6) is -4.95. The Kier molecular flexibility index (Phi) is 4.66. The Morgan fingerprint density at radius 2 is 1.80 bits per heavy atom. The highest BCUT2D eigenvalue weighted by Gasteiger charge is 2.38. The Hall–Kier alpha value is -1.74. The molecule has 2 N–H and O–H groups in total. The summed E-state index contributed by atoms with van der Waals surface area (Å²) in [6.45, 7) is -0.247. The summed E-state index contributed by atoms with van der Waals surface area (Å²) in [5.41, 5.74) is 4.52. The molecule has 0 fully saturated rings. The van der Waals surface area contributed by atoms with Crippen LogP contribution in [0.5, 0.6) is 0 Å². The number of nitrogens with two attached hydrogens (primary N) is 1. The van der Waals surface area contributed by atoms with Gasteiger partial charge in [-0.1, -0.05) is 11.2 Å². The number of benzene rings is 1. The molecule has 0 atom stereocenters. The van der Waals surface area contributed by atoms with Crippen molar-refractivity contribution >= 4 is 12.4 Å². The summed E-state index contributed by atoms with van der Waals surface area (Å²) < 4.78 is 67.7. The van der Waals surface area contributed by atoms with E-state index in [4.69, 9.17) is 5.73 Å². The summed E-state index contributed by atoms with van der Waals surface area (Å²) in [5, 5.41) is 2.97. The van der Waals surface area contributed by atoms with Crippen LogP contribution >= 0.6 is 12.4 Å². The minimum atomic E-state index is -4.85. The zero-order valence-electron chi connectivity index (χ0n) is 9.54. The Balaban J connectivity index is 0.00000200. The standard InChI is InChI=1S/C10H6F5N3O.ClH/c11-6-4(3-16)1-2-5(7(6)12)8-17-9(19-18-8)10(13,14)15;/h1-2H,3,16H2;1H. The molecule has 0 aliphatic rings. The maximum atomic E-state index is 13.6. The van der Waals surface area contributed by atoms with Crippen LogP contribution in [-0.4, -0.2) is 10.1 Å². The van der Waals surface area contributed by atoms with Crippen molar-refractivity contribution in [2.24, 2.45) is 5.73 Å². The molecule has 2 aromatic rings. The molecule has 1 aromatic carbocycles. The molecule has 0 saturated carbocycles. The van der Waals surface area contributed by atoms with Crippen LogP contribution in [0.4, 0.5) is 22.0 Å². The van der Waals surface area contributed by atoms with E-state index in [2.05, 4.69) is 14.7 Å². The van der Waals surface area contributed by atoms with Crippen molar-refractivity contribution in [3.8, 4) is 11.4 Å². The number of halogens is 6. The molecule has 10 heteroatoms. The predicted octanol–water partition coefficient (Wildman–Crippen LogP) is 2.91. The third-order valence-corrected chi connectivity index (χ3v) is 2.29. The highest BCUT2D eigenvalue weighted by Crippen LogP contribution is 2.30. The minimum absolute atomic E-state index is 0. The number of aromatic nitrogens is 2. The smallest absolute Gasteiger partial charge is 0.329 e. The average molecular weight is 316 g/mol. The quantitative estimate of drug-likeness (QED) is 0.865. The van der Waals surface area contributed by atoms with Gasteiger partial charge in [-0.3, -0.25) is 0 Å². The summed E-state index contributed by atoms with van der Waals surface area (Å²) >= 11 is 0. The second kappa shape index (κ2) is 5.71. The van der Waals surface area contributed by atoms with Crippen molar-refractivity contribution in [3.05, 3.63) is 35.2 Å². The van der Waals surface area contributed by atoms with E-state index >= 15 is 0 Å². The molecular weight excluding hydrogens is 309 g/mol. The normalized spacial score (nSPS) is 11.3. The van der Waals surface area contributed by atoms with Gasteiger partial charge in [0.05, 0.1) is 5.56 Å². The second-order valence-corrected chi connectivity index (χ2v) is 3.53. The predicted molar refractivity (Wildman–Crippen MR) is 59.8 cm³/mol. The molecule has 0 aliphatic carbocycles.